The quantitative estimate of drug-likeness (QED) is 0.131. The van der Waals surface area contributed by atoms with E-state index in [9.17, 15) is 0 Å². The van der Waals surface area contributed by atoms with Gasteiger partial charge in [0.2, 0.25) is 6.71 Å². The number of hydrogen-bond donors (Lipinski definition) is 0. The Kier molecular flexibility index (Phi) is 7.83. The van der Waals surface area contributed by atoms with Crippen molar-refractivity contribution >= 4 is 23.1 Å². The van der Waals surface area contributed by atoms with Crippen molar-refractivity contribution in [3.63, 3.8) is 0 Å². The number of para-hydroxylation sites is 1. The number of aromatic nitrogens is 2. The first-order chi connectivity index (χ1) is 27.2. The van der Waals surface area contributed by atoms with Crippen molar-refractivity contribution in [2.45, 2.75) is 39.9 Å². The van der Waals surface area contributed by atoms with Crippen LogP contribution in [0.15, 0.2) is 134 Å². The van der Waals surface area contributed by atoms with E-state index < -0.39 is 13.7 Å². The molecule has 0 bridgehead atoms. The van der Waals surface area contributed by atoms with Crippen molar-refractivity contribution in [2.24, 2.45) is 0 Å². The monoisotopic (exact) mass is 859 g/mol. The second-order valence-electron chi connectivity index (χ2n) is 13.6. The van der Waals surface area contributed by atoms with Crippen LogP contribution in [0.1, 0.15) is 45.7 Å². The molecule has 0 aliphatic carbocycles. The molecule has 52 heavy (non-hydrogen) atoms. The maximum absolute atomic E-state index is 7.76. The molecule has 7 aromatic rings. The molecule has 0 spiro atoms. The number of fused-ring (bicyclic) bond motifs is 4. The summed E-state index contributed by atoms with van der Waals surface area (Å²) >= 11 is 0. The fraction of sp³-hybridized carbons (Fsp3) is 0.130. The summed E-state index contributed by atoms with van der Waals surface area (Å²) in [6, 6.07) is 44.4. The van der Waals surface area contributed by atoms with E-state index in [-0.39, 0.29) is 43.4 Å². The molecule has 2 aromatic heterocycles. The molecule has 0 fully saturated rings. The molecule has 2 aliphatic heterocycles. The second kappa shape index (κ2) is 14.4. The molecule has 0 saturated carbocycles. The smallest absolute Gasteiger partial charge is 0.241 e. The molecule has 0 N–H and O–H groups in total. The molecule has 9 rings (SSSR count). The van der Waals surface area contributed by atoms with Crippen molar-refractivity contribution in [3.8, 4) is 56.6 Å². The third kappa shape index (κ3) is 6.73. The fourth-order valence-electron chi connectivity index (χ4n) is 6.61. The predicted molar refractivity (Wildman–Crippen MR) is 208 cm³/mol. The molecule has 0 atom stereocenters. The second-order valence-corrected chi connectivity index (χ2v) is 13.6. The van der Waals surface area contributed by atoms with Gasteiger partial charge in [-0.2, -0.15) is 0 Å². The van der Waals surface area contributed by atoms with Crippen molar-refractivity contribution in [1.82, 2.24) is 9.97 Å². The van der Waals surface area contributed by atoms with Crippen molar-refractivity contribution < 1.29 is 37.8 Å². The summed E-state index contributed by atoms with van der Waals surface area (Å²) in [5.41, 5.74) is 9.26. The first-order valence-electron chi connectivity index (χ1n) is 19.8. The Morgan fingerprint density at radius 1 is 0.712 bits per heavy atom. The SMILES string of the molecule is CC(C)(C)c1ccnc(-c2[c-]ccc3c2Oc2cccc4c2B3c2ccccc2O4)c1.[2H]C([2H])([2H])c1c[c-]c(-c2cc(-c3ccccc3)c(C([2H])([2H])[2H])cn2)cc1.[Ir]. The van der Waals surface area contributed by atoms with Gasteiger partial charge in [-0.1, -0.05) is 99.9 Å². The molecule has 4 heterocycles. The molecule has 257 valence electrons. The largest absolute Gasteiger partial charge is 0.503 e. The van der Waals surface area contributed by atoms with Gasteiger partial charge in [0.15, 0.2) is 0 Å². The van der Waals surface area contributed by atoms with Crippen molar-refractivity contribution in [3.05, 3.63) is 163 Å². The summed E-state index contributed by atoms with van der Waals surface area (Å²) in [4.78, 5) is 8.94. The molecule has 5 aromatic carbocycles. The van der Waals surface area contributed by atoms with Crippen molar-refractivity contribution in [1.29, 1.82) is 0 Å². The number of ether oxygens (including phenoxy) is 2. The number of benzene rings is 5. The van der Waals surface area contributed by atoms with E-state index in [1.807, 2.05) is 72.9 Å². The average molecular weight is 859 g/mol. The number of rotatable bonds is 3. The number of aryl methyl sites for hydroxylation is 2. The third-order valence-electron chi connectivity index (χ3n) is 9.23. The van der Waals surface area contributed by atoms with Gasteiger partial charge < -0.3 is 19.4 Å². The zero-order chi connectivity index (χ0) is 40.1. The molecule has 4 nitrogen and oxygen atoms in total. The summed E-state index contributed by atoms with van der Waals surface area (Å²) < 4.78 is 58.3. The fourth-order valence-corrected chi connectivity index (χ4v) is 6.61. The van der Waals surface area contributed by atoms with E-state index in [0.29, 0.717) is 16.8 Å². The molecule has 0 unspecified atom stereocenters. The molecular formula is C46H37BIrN2O2-2. The minimum absolute atomic E-state index is 0. The number of nitrogens with zero attached hydrogens (tertiary/aromatic N) is 2. The third-order valence-corrected chi connectivity index (χ3v) is 9.23. The Morgan fingerprint density at radius 2 is 1.50 bits per heavy atom. The van der Waals surface area contributed by atoms with Gasteiger partial charge >= 0.3 is 0 Å². The van der Waals surface area contributed by atoms with E-state index in [0.717, 1.165) is 56.2 Å². The van der Waals surface area contributed by atoms with Crippen LogP contribution in [-0.2, 0) is 25.5 Å². The average Bonchev–Trinajstić information content (AvgIpc) is 3.20. The Hall–Kier alpha value is -5.29. The van der Waals surface area contributed by atoms with Crippen LogP contribution < -0.4 is 25.9 Å². The zero-order valence-corrected chi connectivity index (χ0v) is 31.2. The number of pyridine rings is 2. The predicted octanol–water partition coefficient (Wildman–Crippen LogP) is 9.40. The van der Waals surface area contributed by atoms with Gasteiger partial charge in [0, 0.05) is 51.9 Å². The summed E-state index contributed by atoms with van der Waals surface area (Å²) in [6.45, 7) is 2.21. The topological polar surface area (TPSA) is 44.2 Å². The van der Waals surface area contributed by atoms with Gasteiger partial charge in [0.25, 0.3) is 0 Å². The van der Waals surface area contributed by atoms with E-state index in [4.69, 9.17) is 17.7 Å². The molecule has 0 saturated heterocycles. The van der Waals surface area contributed by atoms with Crippen molar-refractivity contribution in [2.75, 3.05) is 0 Å². The summed E-state index contributed by atoms with van der Waals surface area (Å²) in [5, 5.41) is 0. The van der Waals surface area contributed by atoms with Crippen LogP contribution >= 0.6 is 0 Å². The Labute approximate surface area is 328 Å². The van der Waals surface area contributed by atoms with Gasteiger partial charge in [-0.05, 0) is 75.6 Å². The van der Waals surface area contributed by atoms with E-state index >= 15 is 0 Å². The van der Waals surface area contributed by atoms with E-state index in [2.05, 4.69) is 73.2 Å². The molecular weight excluding hydrogens is 816 g/mol. The van der Waals surface area contributed by atoms with Gasteiger partial charge in [0.05, 0.1) is 0 Å². The number of hydrogen-bond acceptors (Lipinski definition) is 4. The van der Waals surface area contributed by atoms with Crippen LogP contribution in [0.3, 0.4) is 0 Å². The van der Waals surface area contributed by atoms with Crippen LogP contribution in [0.4, 0.5) is 0 Å². The minimum Gasteiger partial charge on any atom is -0.503 e. The summed E-state index contributed by atoms with van der Waals surface area (Å²) in [7, 11) is 0. The van der Waals surface area contributed by atoms with E-state index in [1.165, 1.54) is 23.9 Å². The van der Waals surface area contributed by atoms with Gasteiger partial charge in [-0.15, -0.1) is 59.1 Å². The first kappa shape index (κ1) is 28.3. The van der Waals surface area contributed by atoms with Crippen LogP contribution in [-0.4, -0.2) is 16.7 Å². The Morgan fingerprint density at radius 3 is 2.27 bits per heavy atom. The Balaban J connectivity index is 0.000000177. The van der Waals surface area contributed by atoms with Crippen LogP contribution in [0.5, 0.6) is 23.0 Å². The van der Waals surface area contributed by atoms with Gasteiger partial charge in [-0.25, -0.2) is 0 Å². The molecule has 6 heteroatoms. The van der Waals surface area contributed by atoms with Crippen LogP contribution in [0.2, 0.25) is 0 Å². The van der Waals surface area contributed by atoms with Crippen LogP contribution in [0, 0.1) is 25.8 Å². The zero-order valence-electron chi connectivity index (χ0n) is 34.8. The summed E-state index contributed by atoms with van der Waals surface area (Å²) in [6.07, 6.45) is 3.23. The first-order valence-corrected chi connectivity index (χ1v) is 16.8. The van der Waals surface area contributed by atoms with Gasteiger partial charge in [-0.3, -0.25) is 0 Å². The maximum atomic E-state index is 7.76. The van der Waals surface area contributed by atoms with Gasteiger partial charge in [0.1, 0.15) is 17.2 Å². The minimum atomic E-state index is -2.29. The Bertz CT molecular complexity index is 2610. The molecule has 0 amide bonds. The standard InChI is InChI=1S/C27H21BNO2.C19H16N.Ir/c1-27(2,3)17-14-15-29-21(16-17)18-8-6-10-20-26(18)31-24-13-7-12-23-25(24)28(20)19-9-4-5-11-22(19)30-23;1-14-8-10-17(11-9-14)19-12-18(15(2)13-20-19)16-6-4-3-5-7-16;/h4-7,9-16H,1-3H3;3-10,12-13H,1-2H3;/q2*-1;/i;1D3,2D3;. The normalized spacial score (nSPS) is 14.2. The maximum Gasteiger partial charge on any atom is 0.241 e. The molecule has 1 radical (unpaired) electrons. The summed E-state index contributed by atoms with van der Waals surface area (Å²) in [5.74, 6) is 3.41. The van der Waals surface area contributed by atoms with Crippen LogP contribution in [0.25, 0.3) is 33.6 Å². The molecule has 2 aliphatic rings. The van der Waals surface area contributed by atoms with E-state index in [1.54, 1.807) is 12.1 Å².